The van der Waals surface area contributed by atoms with Crippen LogP contribution in [0.3, 0.4) is 0 Å². The van der Waals surface area contributed by atoms with Gasteiger partial charge in [-0.05, 0) is 73.0 Å². The lowest BCUT2D eigenvalue weighted by Crippen LogP contribution is -2.19. The Balaban J connectivity index is 1.53. The molecule has 0 atom stereocenters. The van der Waals surface area contributed by atoms with Gasteiger partial charge in [-0.1, -0.05) is 0 Å². The Hall–Kier alpha value is -3.46. The normalized spacial score (nSPS) is 9.55. The van der Waals surface area contributed by atoms with E-state index in [1.807, 2.05) is 0 Å². The zero-order valence-corrected chi connectivity index (χ0v) is 17.8. The Morgan fingerprint density at radius 3 is 1.45 bits per heavy atom. The summed E-state index contributed by atoms with van der Waals surface area (Å²) in [5.74, 6) is 0. The van der Waals surface area contributed by atoms with Gasteiger partial charge in [0.25, 0.3) is 0 Å². The summed E-state index contributed by atoms with van der Waals surface area (Å²) in [6, 6.07) is 13.4. The molecular weight excluding hydrogens is 440 g/mol. The van der Waals surface area contributed by atoms with E-state index >= 15 is 0 Å². The van der Waals surface area contributed by atoms with Crippen LogP contribution in [-0.4, -0.2) is 48.9 Å². The van der Waals surface area contributed by atoms with Crippen LogP contribution in [0, 0.1) is 0 Å². The van der Waals surface area contributed by atoms with Gasteiger partial charge in [0.1, 0.15) is 13.2 Å². The highest BCUT2D eigenvalue weighted by Gasteiger charge is 2.05. The van der Waals surface area contributed by atoms with Crippen LogP contribution in [0.25, 0.3) is 0 Å². The van der Waals surface area contributed by atoms with Crippen molar-refractivity contribution in [2.45, 2.75) is 0 Å². The molecule has 0 unspecified atom stereocenters. The van der Waals surface area contributed by atoms with Crippen molar-refractivity contribution in [3.05, 3.63) is 48.5 Å². The van der Waals surface area contributed by atoms with Crippen LogP contribution in [0.4, 0.5) is 32.3 Å². The molecule has 0 saturated heterocycles. The van der Waals surface area contributed by atoms with Crippen LogP contribution in [0.15, 0.2) is 58.5 Å². The highest BCUT2D eigenvalue weighted by molar-refractivity contribution is 7.78. The second kappa shape index (κ2) is 13.7. The van der Waals surface area contributed by atoms with E-state index < -0.39 is 12.2 Å². The number of carbonyl (C=O) groups is 2. The Morgan fingerprint density at radius 2 is 1.10 bits per heavy atom. The van der Waals surface area contributed by atoms with Crippen LogP contribution in [-0.2, 0) is 14.2 Å². The number of benzene rings is 2. The van der Waals surface area contributed by atoms with Gasteiger partial charge in [0.15, 0.2) is 0 Å². The number of nitrogens with one attached hydrogen (secondary N) is 2. The van der Waals surface area contributed by atoms with Gasteiger partial charge >= 0.3 is 12.2 Å². The fraction of sp³-hybridized carbons (Fsp3) is 0.200. The predicted molar refractivity (Wildman–Crippen MR) is 123 cm³/mol. The molecule has 2 N–H and O–H groups in total. The molecule has 0 spiro atoms. The molecule has 9 nitrogen and oxygen atoms in total. The Kier molecular flexibility index (Phi) is 10.5. The summed E-state index contributed by atoms with van der Waals surface area (Å²) in [7, 11) is 0. The fourth-order valence-corrected chi connectivity index (χ4v) is 2.35. The number of amides is 2. The monoisotopic (exact) mass is 458 g/mol. The molecule has 0 saturated carbocycles. The molecule has 0 radical (unpaired) electrons. The van der Waals surface area contributed by atoms with Crippen molar-refractivity contribution in [1.29, 1.82) is 0 Å². The lowest BCUT2D eigenvalue weighted by atomic mass is 10.3. The molecule has 2 aromatic rings. The van der Waals surface area contributed by atoms with E-state index in [1.165, 1.54) is 0 Å². The number of aliphatic imine (C=N–C) groups is 2. The van der Waals surface area contributed by atoms with E-state index in [4.69, 9.17) is 14.2 Å². The van der Waals surface area contributed by atoms with Crippen molar-refractivity contribution in [3.63, 3.8) is 0 Å². The van der Waals surface area contributed by atoms with E-state index in [-0.39, 0.29) is 26.4 Å². The second-order valence-corrected chi connectivity index (χ2v) is 6.00. The molecule has 0 aliphatic rings. The number of anilines is 2. The number of hydrogen-bond acceptors (Lipinski definition) is 9. The van der Waals surface area contributed by atoms with E-state index in [9.17, 15) is 9.59 Å². The largest absolute Gasteiger partial charge is 0.447 e. The van der Waals surface area contributed by atoms with E-state index in [0.29, 0.717) is 22.7 Å². The van der Waals surface area contributed by atoms with Gasteiger partial charge in [0, 0.05) is 11.4 Å². The van der Waals surface area contributed by atoms with Crippen LogP contribution < -0.4 is 10.6 Å². The minimum atomic E-state index is -0.618. The first-order valence-electron chi connectivity index (χ1n) is 8.92. The fourth-order valence-electron chi connectivity index (χ4n) is 2.14. The van der Waals surface area contributed by atoms with E-state index in [0.717, 1.165) is 0 Å². The first-order valence-corrected chi connectivity index (χ1v) is 9.73. The highest BCUT2D eigenvalue weighted by atomic mass is 32.1. The van der Waals surface area contributed by atoms with Gasteiger partial charge in [0.2, 0.25) is 0 Å². The summed E-state index contributed by atoms with van der Waals surface area (Å²) in [5.41, 5.74) is 2.37. The summed E-state index contributed by atoms with van der Waals surface area (Å²) >= 11 is 9.04. The van der Waals surface area contributed by atoms with Crippen molar-refractivity contribution in [1.82, 2.24) is 0 Å². The molecule has 0 aliphatic heterocycles. The molecule has 0 aromatic heterocycles. The van der Waals surface area contributed by atoms with E-state index in [2.05, 4.69) is 55.4 Å². The summed E-state index contributed by atoms with van der Waals surface area (Å²) < 4.78 is 15.2. The van der Waals surface area contributed by atoms with Crippen molar-refractivity contribution < 1.29 is 23.8 Å². The molecule has 0 heterocycles. The number of nitrogens with zero attached hydrogens (tertiary/aromatic N) is 2. The van der Waals surface area contributed by atoms with Gasteiger partial charge in [-0.15, -0.1) is 0 Å². The Labute approximate surface area is 189 Å². The quantitative estimate of drug-likeness (QED) is 0.294. The van der Waals surface area contributed by atoms with Crippen molar-refractivity contribution in [2.24, 2.45) is 9.98 Å². The van der Waals surface area contributed by atoms with Crippen molar-refractivity contribution in [2.75, 3.05) is 37.1 Å². The van der Waals surface area contributed by atoms with Crippen LogP contribution in [0.2, 0.25) is 0 Å². The third-order valence-electron chi connectivity index (χ3n) is 3.50. The molecule has 0 aliphatic carbocycles. The Morgan fingerprint density at radius 1 is 0.710 bits per heavy atom. The maximum atomic E-state index is 11.7. The zero-order valence-electron chi connectivity index (χ0n) is 16.2. The second-order valence-electron chi connectivity index (χ2n) is 5.63. The molecule has 160 valence electrons. The maximum Gasteiger partial charge on any atom is 0.411 e. The van der Waals surface area contributed by atoms with Crippen LogP contribution in [0.5, 0.6) is 0 Å². The first-order chi connectivity index (χ1) is 15.1. The molecule has 2 amide bonds. The van der Waals surface area contributed by atoms with Gasteiger partial charge in [0.05, 0.1) is 34.9 Å². The highest BCUT2D eigenvalue weighted by Crippen LogP contribution is 2.16. The lowest BCUT2D eigenvalue weighted by molar-refractivity contribution is 0.0512. The standard InChI is InChI=1S/C20H18N4O5S2/c25-19(23-17-5-1-15(2-6-17)21-13-30)28-11-9-27-10-12-29-20(26)24-18-7-3-16(4-8-18)22-14-31/h1-8H,9-12H2,(H,23,25)(H,24,26). The van der Waals surface area contributed by atoms with Gasteiger partial charge < -0.3 is 14.2 Å². The number of carbonyl (C=O) groups excluding carboxylic acids is 2. The maximum absolute atomic E-state index is 11.7. The molecular formula is C20H18N4O5S2. The van der Waals surface area contributed by atoms with Crippen LogP contribution >= 0.6 is 24.4 Å². The number of rotatable bonds is 10. The van der Waals surface area contributed by atoms with Crippen molar-refractivity contribution in [3.8, 4) is 0 Å². The van der Waals surface area contributed by atoms with Crippen LogP contribution in [0.1, 0.15) is 0 Å². The number of isothiocyanates is 2. The number of ether oxygens (including phenoxy) is 3. The molecule has 2 rings (SSSR count). The van der Waals surface area contributed by atoms with Gasteiger partial charge in [-0.3, -0.25) is 10.6 Å². The minimum Gasteiger partial charge on any atom is -0.447 e. The number of hydrogen-bond donors (Lipinski definition) is 2. The zero-order chi connectivity index (χ0) is 22.3. The predicted octanol–water partition coefficient (Wildman–Crippen LogP) is 4.97. The van der Waals surface area contributed by atoms with Crippen molar-refractivity contribution >= 4 is 69.7 Å². The summed E-state index contributed by atoms with van der Waals surface area (Å²) in [4.78, 5) is 31.0. The summed E-state index contributed by atoms with van der Waals surface area (Å²) in [6.45, 7) is 0.398. The average Bonchev–Trinajstić information content (AvgIpc) is 2.76. The lowest BCUT2D eigenvalue weighted by Gasteiger charge is -2.09. The first kappa shape index (κ1) is 23.8. The molecule has 31 heavy (non-hydrogen) atoms. The molecule has 2 aromatic carbocycles. The Bertz CT molecular complexity index is 891. The number of thiocarbonyl (C=S) groups is 2. The van der Waals surface area contributed by atoms with Gasteiger partial charge in [-0.25, -0.2) is 9.59 Å². The molecule has 0 fully saturated rings. The summed E-state index contributed by atoms with van der Waals surface area (Å²) in [6.07, 6.45) is -1.24. The third kappa shape index (κ3) is 9.72. The minimum absolute atomic E-state index is 0.0435. The molecule has 11 heteroatoms. The molecule has 0 bridgehead atoms. The SMILES string of the molecule is O=C(Nc1ccc(N=C=S)cc1)OCCOCCOC(=O)Nc1ccc(N=C=S)cc1. The third-order valence-corrected chi connectivity index (χ3v) is 3.68. The topological polar surface area (TPSA) is 111 Å². The summed E-state index contributed by atoms with van der Waals surface area (Å²) in [5, 5.41) is 9.65. The smallest absolute Gasteiger partial charge is 0.411 e. The van der Waals surface area contributed by atoms with Gasteiger partial charge in [-0.2, -0.15) is 9.98 Å². The van der Waals surface area contributed by atoms with E-state index in [1.54, 1.807) is 48.5 Å². The average molecular weight is 459 g/mol.